The molecule has 0 spiro atoms. The Morgan fingerprint density at radius 3 is 1.50 bits per heavy atom. The van der Waals surface area contributed by atoms with E-state index in [2.05, 4.69) is 91.0 Å². The molecule has 5 aromatic rings. The lowest BCUT2D eigenvalue weighted by molar-refractivity contribution is 0.103. The van der Waals surface area contributed by atoms with E-state index in [4.69, 9.17) is 4.42 Å². The summed E-state index contributed by atoms with van der Waals surface area (Å²) in [5.41, 5.74) is 2.23. The van der Waals surface area contributed by atoms with Crippen LogP contribution in [0.4, 0.5) is 0 Å². The molecule has 0 N–H and O–H groups in total. The smallest absolute Gasteiger partial charge is 0.196 e. The van der Waals surface area contributed by atoms with Gasteiger partial charge in [0.2, 0.25) is 0 Å². The third-order valence-corrected chi connectivity index (χ3v) is 10.6. The van der Waals surface area contributed by atoms with E-state index in [-0.39, 0.29) is 5.78 Å². The lowest BCUT2D eigenvalue weighted by Crippen LogP contribution is -2.32. The first-order valence-electron chi connectivity index (χ1n) is 11.4. The second-order valence-electron chi connectivity index (χ2n) is 8.39. The molecule has 0 bridgehead atoms. The molecule has 1 heterocycles. The molecule has 0 aliphatic heterocycles. The molecule has 1 aromatic heterocycles. The van der Waals surface area contributed by atoms with Crippen molar-refractivity contribution in [1.29, 1.82) is 0 Å². The van der Waals surface area contributed by atoms with Crippen LogP contribution in [0.1, 0.15) is 27.2 Å². The van der Waals surface area contributed by atoms with Gasteiger partial charge in [0.1, 0.15) is 29.3 Å². The zero-order chi connectivity index (χ0) is 23.4. The molecule has 0 radical (unpaired) electrons. The van der Waals surface area contributed by atoms with E-state index in [1.807, 2.05) is 37.3 Å². The molecule has 0 saturated carbocycles. The van der Waals surface area contributed by atoms with Crippen LogP contribution < -0.4 is 15.9 Å². The van der Waals surface area contributed by atoms with Crippen molar-refractivity contribution < 1.29 is 9.21 Å². The van der Waals surface area contributed by atoms with Gasteiger partial charge in [0.15, 0.2) is 11.5 Å². The first-order chi connectivity index (χ1) is 16.7. The summed E-state index contributed by atoms with van der Waals surface area (Å²) in [6.07, 6.45) is 2.36. The van der Waals surface area contributed by atoms with Crippen molar-refractivity contribution in [2.24, 2.45) is 0 Å². The quantitative estimate of drug-likeness (QED) is 0.210. The molecule has 5 rings (SSSR count). The average Bonchev–Trinajstić information content (AvgIpc) is 3.28. The van der Waals surface area contributed by atoms with Crippen LogP contribution in [-0.4, -0.2) is 5.78 Å². The molecule has 166 valence electrons. The third-order valence-electron chi connectivity index (χ3n) is 6.29. The van der Waals surface area contributed by atoms with Crippen molar-refractivity contribution in [3.63, 3.8) is 0 Å². The molecule has 34 heavy (non-hydrogen) atoms. The molecule has 0 saturated heterocycles. The number of aryl methyl sites for hydroxylation is 1. The van der Waals surface area contributed by atoms with E-state index < -0.39 is 7.26 Å². The van der Waals surface area contributed by atoms with Crippen LogP contribution in [0.2, 0.25) is 0 Å². The maximum Gasteiger partial charge on any atom is 0.196 e. The van der Waals surface area contributed by atoms with Crippen LogP contribution in [0.25, 0.3) is 0 Å². The predicted octanol–water partition coefficient (Wildman–Crippen LogP) is 6.31. The van der Waals surface area contributed by atoms with E-state index in [1.165, 1.54) is 15.9 Å². The molecule has 0 aliphatic rings. The van der Waals surface area contributed by atoms with Crippen LogP contribution in [0.15, 0.2) is 132 Å². The standard InChI is InChI=1S/C31H26O2P/c1-24-22-33-29(30(24)31(32)25-14-6-2-7-15-25)23-34(26-16-8-3-9-17-26,27-18-10-4-11-19-27)28-20-12-5-13-21-28/h2-22H,23H2,1H3/q+1. The topological polar surface area (TPSA) is 30.2 Å². The van der Waals surface area contributed by atoms with Crippen LogP contribution in [0.5, 0.6) is 0 Å². The van der Waals surface area contributed by atoms with Crippen molar-refractivity contribution in [3.05, 3.63) is 150 Å². The van der Waals surface area contributed by atoms with Crippen LogP contribution in [0, 0.1) is 6.92 Å². The van der Waals surface area contributed by atoms with Gasteiger partial charge in [-0.3, -0.25) is 4.79 Å². The number of furan rings is 1. The Hall–Kier alpha value is -3.74. The van der Waals surface area contributed by atoms with Gasteiger partial charge in [0.25, 0.3) is 0 Å². The highest BCUT2D eigenvalue weighted by Gasteiger charge is 2.47. The van der Waals surface area contributed by atoms with Gasteiger partial charge in [0, 0.05) is 5.56 Å². The van der Waals surface area contributed by atoms with Gasteiger partial charge in [-0.05, 0) is 48.9 Å². The molecule has 0 atom stereocenters. The average molecular weight is 462 g/mol. The lowest BCUT2D eigenvalue weighted by atomic mass is 10.0. The van der Waals surface area contributed by atoms with Crippen molar-refractivity contribution in [1.82, 2.24) is 0 Å². The van der Waals surface area contributed by atoms with Gasteiger partial charge in [-0.15, -0.1) is 0 Å². The van der Waals surface area contributed by atoms with Crippen molar-refractivity contribution in [3.8, 4) is 0 Å². The van der Waals surface area contributed by atoms with Gasteiger partial charge in [-0.25, -0.2) is 0 Å². The fourth-order valence-electron chi connectivity index (χ4n) is 4.64. The molecule has 4 aromatic carbocycles. The van der Waals surface area contributed by atoms with Gasteiger partial charge in [-0.1, -0.05) is 84.9 Å². The molecule has 2 nitrogen and oxygen atoms in total. The zero-order valence-electron chi connectivity index (χ0n) is 19.1. The Labute approximate surface area is 201 Å². The number of ketones is 1. The first kappa shape index (κ1) is 22.1. The SMILES string of the molecule is Cc1coc(C[P+](c2ccccc2)(c2ccccc2)c2ccccc2)c1C(=O)c1ccccc1. The molecule has 0 fully saturated rings. The summed E-state index contributed by atoms with van der Waals surface area (Å²) in [7, 11) is -2.17. The Morgan fingerprint density at radius 1 is 0.647 bits per heavy atom. The molecular weight excluding hydrogens is 435 g/mol. The number of hydrogen-bond acceptors (Lipinski definition) is 2. The molecule has 3 heteroatoms. The molecule has 0 amide bonds. The summed E-state index contributed by atoms with van der Waals surface area (Å²) < 4.78 is 6.17. The van der Waals surface area contributed by atoms with Crippen molar-refractivity contribution >= 4 is 29.0 Å². The summed E-state index contributed by atoms with van der Waals surface area (Å²) in [5, 5.41) is 3.79. The summed E-state index contributed by atoms with van der Waals surface area (Å²) in [5.74, 6) is 0.755. The minimum absolute atomic E-state index is 0.00846. The van der Waals surface area contributed by atoms with Gasteiger partial charge >= 0.3 is 0 Å². The van der Waals surface area contributed by atoms with Crippen LogP contribution >= 0.6 is 7.26 Å². The van der Waals surface area contributed by atoms with Gasteiger partial charge in [-0.2, -0.15) is 0 Å². The van der Waals surface area contributed by atoms with E-state index in [1.54, 1.807) is 6.26 Å². The Balaban J connectivity index is 1.74. The second kappa shape index (κ2) is 9.63. The molecule has 0 unspecified atom stereocenters. The highest BCUT2D eigenvalue weighted by molar-refractivity contribution is 7.95. The highest BCUT2D eigenvalue weighted by atomic mass is 31.2. The first-order valence-corrected chi connectivity index (χ1v) is 13.4. The Morgan fingerprint density at radius 2 is 1.06 bits per heavy atom. The number of benzene rings is 4. The summed E-state index contributed by atoms with van der Waals surface area (Å²) in [6.45, 7) is 1.96. The monoisotopic (exact) mass is 461 g/mol. The summed E-state index contributed by atoms with van der Waals surface area (Å²) in [6, 6.07) is 41.5. The summed E-state index contributed by atoms with van der Waals surface area (Å²) >= 11 is 0. The predicted molar refractivity (Wildman–Crippen MR) is 142 cm³/mol. The minimum atomic E-state index is -2.17. The maximum absolute atomic E-state index is 13.6. The number of carbonyl (C=O) groups is 1. The van der Waals surface area contributed by atoms with Gasteiger partial charge < -0.3 is 4.42 Å². The Bertz CT molecular complexity index is 1280. The fourth-order valence-corrected chi connectivity index (χ4v) is 8.79. The van der Waals surface area contributed by atoms with E-state index in [0.717, 1.165) is 11.3 Å². The van der Waals surface area contributed by atoms with E-state index in [0.29, 0.717) is 17.3 Å². The van der Waals surface area contributed by atoms with E-state index in [9.17, 15) is 4.79 Å². The maximum atomic E-state index is 13.6. The van der Waals surface area contributed by atoms with Crippen LogP contribution in [-0.2, 0) is 6.16 Å². The normalized spacial score (nSPS) is 11.3. The molecule has 0 aliphatic carbocycles. The van der Waals surface area contributed by atoms with Crippen LogP contribution in [0.3, 0.4) is 0 Å². The second-order valence-corrected chi connectivity index (χ2v) is 11.9. The fraction of sp³-hybridized carbons (Fsp3) is 0.0645. The van der Waals surface area contributed by atoms with Crippen molar-refractivity contribution in [2.45, 2.75) is 13.1 Å². The number of hydrogen-bond donors (Lipinski definition) is 0. The van der Waals surface area contributed by atoms with Gasteiger partial charge in [0.05, 0.1) is 11.8 Å². The van der Waals surface area contributed by atoms with Crippen molar-refractivity contribution in [2.75, 3.05) is 0 Å². The highest BCUT2D eigenvalue weighted by Crippen LogP contribution is 2.58. The number of carbonyl (C=O) groups excluding carboxylic acids is 1. The number of rotatable bonds is 7. The van der Waals surface area contributed by atoms with E-state index >= 15 is 0 Å². The summed E-state index contributed by atoms with van der Waals surface area (Å²) in [4.78, 5) is 13.6. The molecular formula is C31H26O2P+. The minimum Gasteiger partial charge on any atom is -0.464 e. The Kier molecular flexibility index (Phi) is 6.25. The lowest BCUT2D eigenvalue weighted by Gasteiger charge is -2.27. The third kappa shape index (κ3) is 4.02. The largest absolute Gasteiger partial charge is 0.464 e. The zero-order valence-corrected chi connectivity index (χ0v) is 20.0.